The number of nitrogens with two attached hydrogens (primary N) is 1. The van der Waals surface area contributed by atoms with E-state index in [9.17, 15) is 18.4 Å². The summed E-state index contributed by atoms with van der Waals surface area (Å²) >= 11 is 0. The molecule has 0 saturated carbocycles. The van der Waals surface area contributed by atoms with E-state index in [2.05, 4.69) is 10.3 Å². The van der Waals surface area contributed by atoms with Gasteiger partial charge in [-0.1, -0.05) is 6.07 Å². The van der Waals surface area contributed by atoms with E-state index in [1.807, 2.05) is 0 Å². The lowest BCUT2D eigenvalue weighted by Gasteiger charge is -2.29. The Morgan fingerprint density at radius 2 is 1.77 bits per heavy atom. The van der Waals surface area contributed by atoms with Gasteiger partial charge in [0.25, 0.3) is 5.92 Å². The van der Waals surface area contributed by atoms with E-state index in [4.69, 9.17) is 19.9 Å². The van der Waals surface area contributed by atoms with Crippen LogP contribution in [-0.4, -0.2) is 59.2 Å². The van der Waals surface area contributed by atoms with Gasteiger partial charge >= 0.3 is 12.2 Å². The lowest BCUT2D eigenvalue weighted by molar-refractivity contribution is -0.0240. The van der Waals surface area contributed by atoms with Gasteiger partial charge in [0.05, 0.1) is 6.54 Å². The lowest BCUT2D eigenvalue weighted by Crippen LogP contribution is -2.43. The highest BCUT2D eigenvalue weighted by atomic mass is 19.3. The predicted octanol–water partition coefficient (Wildman–Crippen LogP) is 4.74. The molecule has 0 spiro atoms. The Labute approximate surface area is 205 Å². The Balaban J connectivity index is 2.11. The highest BCUT2D eigenvalue weighted by Gasteiger charge is 2.33. The minimum Gasteiger partial charge on any atom is -0.481 e. The maximum absolute atomic E-state index is 14.5. The second kappa shape index (κ2) is 10.7. The van der Waals surface area contributed by atoms with Crippen LogP contribution in [0, 0.1) is 0 Å². The summed E-state index contributed by atoms with van der Waals surface area (Å²) in [5, 5.41) is 2.08. The maximum Gasteiger partial charge on any atom is 0.410 e. The summed E-state index contributed by atoms with van der Waals surface area (Å²) in [6.07, 6.45) is -2.73. The Hall–Kier alpha value is -3.11. The summed E-state index contributed by atoms with van der Waals surface area (Å²) in [4.78, 5) is 30.0. The normalized spacial score (nSPS) is 15.9. The summed E-state index contributed by atoms with van der Waals surface area (Å²) in [5.74, 6) is -2.43. The number of alkyl carbamates (subject to hydrolysis) is 1. The quantitative estimate of drug-likeness (QED) is 0.561. The van der Waals surface area contributed by atoms with Crippen molar-refractivity contribution in [1.82, 2.24) is 10.2 Å². The van der Waals surface area contributed by atoms with Crippen LogP contribution >= 0.6 is 0 Å². The fourth-order valence-corrected chi connectivity index (χ4v) is 3.01. The van der Waals surface area contributed by atoms with Gasteiger partial charge in [-0.05, 0) is 66.2 Å². The molecular weight excluding hydrogens is 462 g/mol. The van der Waals surface area contributed by atoms with Crippen molar-refractivity contribution in [2.75, 3.05) is 13.1 Å². The van der Waals surface area contributed by atoms with Gasteiger partial charge in [-0.2, -0.15) is 0 Å². The molecular formula is C24H36F2N4O5. The molecule has 1 aromatic carbocycles. The zero-order valence-electron chi connectivity index (χ0n) is 21.4. The topological polar surface area (TPSA) is 115 Å². The molecule has 0 aromatic heterocycles. The smallest absolute Gasteiger partial charge is 0.410 e. The number of benzene rings is 1. The van der Waals surface area contributed by atoms with E-state index in [1.165, 1.54) is 4.90 Å². The van der Waals surface area contributed by atoms with Gasteiger partial charge in [0.1, 0.15) is 28.5 Å². The van der Waals surface area contributed by atoms with E-state index in [0.29, 0.717) is 22.8 Å². The molecule has 0 radical (unpaired) electrons. The third-order valence-electron chi connectivity index (χ3n) is 4.66. The zero-order chi connectivity index (χ0) is 26.6. The van der Waals surface area contributed by atoms with Crippen LogP contribution in [0.3, 0.4) is 0 Å². The third kappa shape index (κ3) is 9.58. The lowest BCUT2D eigenvalue weighted by atomic mass is 10.1. The van der Waals surface area contributed by atoms with Gasteiger partial charge in [-0.25, -0.2) is 23.4 Å². The average molecular weight is 499 g/mol. The van der Waals surface area contributed by atoms with Crippen molar-refractivity contribution in [3.05, 3.63) is 23.8 Å². The first-order chi connectivity index (χ1) is 15.9. The van der Waals surface area contributed by atoms with Crippen LogP contribution in [0.1, 0.15) is 60.5 Å². The second-order valence-corrected chi connectivity index (χ2v) is 10.5. The molecule has 2 rings (SSSR count). The molecule has 0 saturated heterocycles. The van der Waals surface area contributed by atoms with Crippen LogP contribution in [0.5, 0.6) is 5.75 Å². The molecule has 0 bridgehead atoms. The van der Waals surface area contributed by atoms with Crippen molar-refractivity contribution in [2.24, 2.45) is 10.7 Å². The fraction of sp³-hybridized carbons (Fsp3) is 0.625. The number of hydrogen-bond donors (Lipinski definition) is 2. The molecule has 0 aliphatic carbocycles. The van der Waals surface area contributed by atoms with Crippen molar-refractivity contribution in [2.45, 2.75) is 84.7 Å². The van der Waals surface area contributed by atoms with E-state index in [-0.39, 0.29) is 19.2 Å². The monoisotopic (exact) mass is 498 g/mol. The standard InChI is InChI=1S/C24H36F2N4O5/c1-15-19(27)29-17-12-16(8-9-18(17)33-15)13-30(21(32)35-23(5,6)7)11-10-24(25,26)14-28-20(31)34-22(2,3)4/h8-9,12,15H,10-11,13-14H2,1-7H3,(H2,27,29)(H,28,31)/t15-/m1/s1. The first-order valence-electron chi connectivity index (χ1n) is 11.4. The molecule has 196 valence electrons. The number of aliphatic imine (C=N–C) groups is 1. The summed E-state index contributed by atoms with van der Waals surface area (Å²) in [7, 11) is 0. The summed E-state index contributed by atoms with van der Waals surface area (Å²) in [6, 6.07) is 5.11. The van der Waals surface area contributed by atoms with Crippen LogP contribution < -0.4 is 15.8 Å². The molecule has 1 heterocycles. The third-order valence-corrected chi connectivity index (χ3v) is 4.66. The van der Waals surface area contributed by atoms with Crippen LogP contribution in [0.4, 0.5) is 24.1 Å². The number of nitrogens with one attached hydrogen (secondary N) is 1. The number of carbonyl (C=O) groups excluding carboxylic acids is 2. The molecule has 2 amide bonds. The zero-order valence-corrected chi connectivity index (χ0v) is 21.4. The average Bonchev–Trinajstić information content (AvgIpc) is 2.68. The number of amidine groups is 1. The molecule has 9 nitrogen and oxygen atoms in total. The number of fused-ring (bicyclic) bond motifs is 1. The number of carbonyl (C=O) groups is 2. The number of hydrogen-bond acceptors (Lipinski definition) is 7. The van der Waals surface area contributed by atoms with E-state index >= 15 is 0 Å². The summed E-state index contributed by atoms with van der Waals surface area (Å²) < 4.78 is 45.1. The van der Waals surface area contributed by atoms with Gasteiger partial charge in [0.15, 0.2) is 6.10 Å². The molecule has 1 atom stereocenters. The molecule has 11 heteroatoms. The Morgan fingerprint density at radius 3 is 2.37 bits per heavy atom. The van der Waals surface area contributed by atoms with Crippen LogP contribution in [-0.2, 0) is 16.0 Å². The second-order valence-electron chi connectivity index (χ2n) is 10.5. The van der Waals surface area contributed by atoms with Crippen LogP contribution in [0.25, 0.3) is 0 Å². The van der Waals surface area contributed by atoms with Crippen molar-refractivity contribution >= 4 is 23.7 Å². The minimum absolute atomic E-state index is 0.00272. The van der Waals surface area contributed by atoms with Crippen molar-refractivity contribution in [1.29, 1.82) is 0 Å². The minimum atomic E-state index is -3.28. The number of amides is 2. The highest BCUT2D eigenvalue weighted by Crippen LogP contribution is 2.33. The van der Waals surface area contributed by atoms with Crippen LogP contribution in [0.2, 0.25) is 0 Å². The molecule has 3 N–H and O–H groups in total. The summed E-state index contributed by atoms with van der Waals surface area (Å²) in [6.45, 7) is 10.5. The van der Waals surface area contributed by atoms with Gasteiger partial charge in [0, 0.05) is 19.5 Å². The van der Waals surface area contributed by atoms with Crippen LogP contribution in [0.15, 0.2) is 23.2 Å². The number of halogens is 2. The number of alkyl halides is 2. The fourth-order valence-electron chi connectivity index (χ4n) is 3.01. The van der Waals surface area contributed by atoms with Gasteiger partial charge in [-0.15, -0.1) is 0 Å². The number of ether oxygens (including phenoxy) is 3. The Morgan fingerprint density at radius 1 is 1.14 bits per heavy atom. The SMILES string of the molecule is C[C@H]1Oc2ccc(CN(CCC(F)(F)CNC(=O)OC(C)(C)C)C(=O)OC(C)(C)C)cc2N=C1N. The number of rotatable bonds is 7. The molecule has 0 fully saturated rings. The predicted molar refractivity (Wildman–Crippen MR) is 128 cm³/mol. The number of nitrogens with zero attached hydrogens (tertiary/aromatic N) is 2. The first-order valence-corrected chi connectivity index (χ1v) is 11.4. The molecule has 0 unspecified atom stereocenters. The van der Waals surface area contributed by atoms with Gasteiger partial charge in [-0.3, -0.25) is 0 Å². The van der Waals surface area contributed by atoms with E-state index in [0.717, 1.165) is 0 Å². The maximum atomic E-state index is 14.5. The Bertz CT molecular complexity index is 954. The van der Waals surface area contributed by atoms with Gasteiger partial charge in [0.2, 0.25) is 0 Å². The molecule has 1 aromatic rings. The van der Waals surface area contributed by atoms with Crippen molar-refractivity contribution in [3.8, 4) is 5.75 Å². The molecule has 35 heavy (non-hydrogen) atoms. The first kappa shape index (κ1) is 28.1. The van der Waals surface area contributed by atoms with Crippen molar-refractivity contribution < 1.29 is 32.6 Å². The van der Waals surface area contributed by atoms with E-state index < -0.39 is 42.3 Å². The largest absolute Gasteiger partial charge is 0.481 e. The van der Waals surface area contributed by atoms with E-state index in [1.54, 1.807) is 66.7 Å². The Kier molecular flexibility index (Phi) is 8.56. The highest BCUT2D eigenvalue weighted by molar-refractivity contribution is 5.89. The molecule has 1 aliphatic heterocycles. The summed E-state index contributed by atoms with van der Waals surface area (Å²) in [5.41, 5.74) is 5.38. The van der Waals surface area contributed by atoms with Crippen molar-refractivity contribution in [3.63, 3.8) is 0 Å². The van der Waals surface area contributed by atoms with Gasteiger partial charge < -0.3 is 30.2 Å². The molecule has 1 aliphatic rings.